The maximum Gasteiger partial charge on any atom is 0.414 e. The topological polar surface area (TPSA) is 48.0 Å². The number of carbonyl (C=O) groups is 1. The molecule has 5 nitrogen and oxygen atoms in total. The van der Waals surface area contributed by atoms with E-state index in [2.05, 4.69) is 0 Å². The Morgan fingerprint density at radius 1 is 1.12 bits per heavy atom. The summed E-state index contributed by atoms with van der Waals surface area (Å²) in [5.74, 6) is 1.21. The van der Waals surface area contributed by atoms with Crippen LogP contribution in [0.1, 0.15) is 56.9 Å². The summed E-state index contributed by atoms with van der Waals surface area (Å²) < 4.78 is 42.1. The number of anilines is 1. The Morgan fingerprint density at radius 3 is 2.48 bits per heavy atom. The molecule has 0 aromatic heterocycles. The minimum absolute atomic E-state index is 0.193. The number of fused-ring (bicyclic) bond motifs is 1. The molecule has 0 saturated heterocycles. The fourth-order valence-electron chi connectivity index (χ4n) is 3.96. The molecule has 2 aromatic carbocycles. The number of amides is 1. The Labute approximate surface area is 194 Å². The highest BCUT2D eigenvalue weighted by Crippen LogP contribution is 2.37. The first-order valence-corrected chi connectivity index (χ1v) is 11.3. The van der Waals surface area contributed by atoms with Gasteiger partial charge in [-0.05, 0) is 86.9 Å². The number of alkyl halides is 2. The molecule has 2 aromatic rings. The van der Waals surface area contributed by atoms with Crippen LogP contribution in [-0.2, 0) is 24.2 Å². The largest absolute Gasteiger partial charge is 0.489 e. The second kappa shape index (κ2) is 9.98. The number of carbonyl (C=O) groups excluding carboxylic acids is 1. The normalized spacial score (nSPS) is 13.5. The summed E-state index contributed by atoms with van der Waals surface area (Å²) in [7, 11) is 0. The molecule has 0 aliphatic carbocycles. The molecule has 0 unspecified atom stereocenters. The van der Waals surface area contributed by atoms with Crippen molar-refractivity contribution in [1.82, 2.24) is 0 Å². The smallest absolute Gasteiger partial charge is 0.414 e. The van der Waals surface area contributed by atoms with Gasteiger partial charge in [0.1, 0.15) is 23.7 Å². The minimum atomic E-state index is -2.88. The lowest BCUT2D eigenvalue weighted by Crippen LogP contribution is -2.35. The van der Waals surface area contributed by atoms with Crippen molar-refractivity contribution < 1.29 is 27.8 Å². The van der Waals surface area contributed by atoms with Gasteiger partial charge < -0.3 is 14.2 Å². The first kappa shape index (κ1) is 24.8. The van der Waals surface area contributed by atoms with Gasteiger partial charge in [0.15, 0.2) is 0 Å². The van der Waals surface area contributed by atoms with Crippen LogP contribution in [0.25, 0.3) is 0 Å². The van der Waals surface area contributed by atoms with E-state index in [0.29, 0.717) is 31.1 Å². The summed E-state index contributed by atoms with van der Waals surface area (Å²) in [5.41, 5.74) is 3.78. The Hall–Kier alpha value is -2.83. The summed E-state index contributed by atoms with van der Waals surface area (Å²) in [6.07, 6.45) is 1.01. The number of halogens is 2. The second-order valence-electron chi connectivity index (χ2n) is 9.78. The molecule has 1 aliphatic rings. The van der Waals surface area contributed by atoms with Crippen LogP contribution in [0.4, 0.5) is 19.3 Å². The fourth-order valence-corrected chi connectivity index (χ4v) is 3.96. The molecule has 180 valence electrons. The van der Waals surface area contributed by atoms with Crippen molar-refractivity contribution in [1.29, 1.82) is 0 Å². The van der Waals surface area contributed by atoms with Gasteiger partial charge in [0.05, 0.1) is 5.69 Å². The van der Waals surface area contributed by atoms with Crippen LogP contribution in [-0.4, -0.2) is 24.9 Å². The third-order valence-electron chi connectivity index (χ3n) is 5.38. The number of ether oxygens (including phenoxy) is 3. The highest BCUT2D eigenvalue weighted by molar-refractivity contribution is 5.91. The molecule has 0 spiro atoms. The molecule has 0 atom stereocenters. The SMILES string of the molecule is Cc1c(OCc2ccc(CC(C)C)c(OC(F)F)c2)ccc2c1CCN2C(=O)OC(C)(C)C. The number of benzene rings is 2. The van der Waals surface area contributed by atoms with E-state index in [1.807, 2.05) is 65.8 Å². The Balaban J connectivity index is 1.74. The van der Waals surface area contributed by atoms with Crippen molar-refractivity contribution in [3.63, 3.8) is 0 Å². The molecule has 0 saturated carbocycles. The van der Waals surface area contributed by atoms with E-state index in [0.717, 1.165) is 27.9 Å². The number of rotatable bonds is 7. The monoisotopic (exact) mass is 461 g/mol. The highest BCUT2D eigenvalue weighted by atomic mass is 19.3. The summed E-state index contributed by atoms with van der Waals surface area (Å²) in [5, 5.41) is 0. The highest BCUT2D eigenvalue weighted by Gasteiger charge is 2.30. The van der Waals surface area contributed by atoms with Crippen molar-refractivity contribution in [3.05, 3.63) is 52.6 Å². The van der Waals surface area contributed by atoms with Gasteiger partial charge in [-0.2, -0.15) is 8.78 Å². The van der Waals surface area contributed by atoms with Crippen LogP contribution < -0.4 is 14.4 Å². The van der Waals surface area contributed by atoms with E-state index in [1.165, 1.54) is 0 Å². The van der Waals surface area contributed by atoms with Gasteiger partial charge in [-0.1, -0.05) is 26.0 Å². The molecular formula is C26H33F2NO4. The van der Waals surface area contributed by atoms with Gasteiger partial charge in [-0.25, -0.2) is 4.79 Å². The van der Waals surface area contributed by atoms with Crippen LogP contribution in [0.3, 0.4) is 0 Å². The predicted molar refractivity (Wildman–Crippen MR) is 124 cm³/mol. The lowest BCUT2D eigenvalue weighted by Gasteiger charge is -2.25. The van der Waals surface area contributed by atoms with E-state index >= 15 is 0 Å². The molecule has 0 radical (unpaired) electrons. The lowest BCUT2D eigenvalue weighted by atomic mass is 10.0. The maximum absolute atomic E-state index is 12.9. The fraction of sp³-hybridized carbons (Fsp3) is 0.500. The van der Waals surface area contributed by atoms with Crippen molar-refractivity contribution in [2.45, 2.75) is 73.2 Å². The summed E-state index contributed by atoms with van der Waals surface area (Å²) in [6.45, 7) is 9.46. The van der Waals surface area contributed by atoms with Crippen molar-refractivity contribution in [2.75, 3.05) is 11.4 Å². The standard InChI is InChI=1S/C26H33F2NO4/c1-16(2)13-19-8-7-18(14-23(19)32-24(27)28)15-31-22-10-9-21-20(17(22)3)11-12-29(21)25(30)33-26(4,5)6/h7-10,14,16,24H,11-13,15H2,1-6H3. The van der Waals surface area contributed by atoms with Crippen LogP contribution in [0, 0.1) is 12.8 Å². The molecule has 1 amide bonds. The molecule has 0 bridgehead atoms. The van der Waals surface area contributed by atoms with Crippen molar-refractivity contribution >= 4 is 11.8 Å². The minimum Gasteiger partial charge on any atom is -0.489 e. The summed E-state index contributed by atoms with van der Waals surface area (Å²) >= 11 is 0. The van der Waals surface area contributed by atoms with Gasteiger partial charge in [-0.3, -0.25) is 4.90 Å². The third-order valence-corrected chi connectivity index (χ3v) is 5.38. The zero-order valence-electron chi connectivity index (χ0n) is 20.2. The first-order valence-electron chi connectivity index (χ1n) is 11.3. The Bertz CT molecular complexity index is 999. The maximum atomic E-state index is 12.9. The van der Waals surface area contributed by atoms with Crippen LogP contribution in [0.2, 0.25) is 0 Å². The van der Waals surface area contributed by atoms with Crippen LogP contribution in [0.15, 0.2) is 30.3 Å². The Kier molecular flexibility index (Phi) is 7.50. The molecule has 0 fully saturated rings. The van der Waals surface area contributed by atoms with Crippen molar-refractivity contribution in [3.8, 4) is 11.5 Å². The summed E-state index contributed by atoms with van der Waals surface area (Å²) in [4.78, 5) is 14.2. The number of hydrogen-bond acceptors (Lipinski definition) is 4. The predicted octanol–water partition coefficient (Wildman–Crippen LogP) is 6.67. The van der Waals surface area contributed by atoms with Gasteiger partial charge in [0, 0.05) is 6.54 Å². The van der Waals surface area contributed by atoms with Gasteiger partial charge in [0.25, 0.3) is 0 Å². The van der Waals surface area contributed by atoms with E-state index in [1.54, 1.807) is 11.0 Å². The quantitative estimate of drug-likeness (QED) is 0.462. The van der Waals surface area contributed by atoms with Gasteiger partial charge >= 0.3 is 12.7 Å². The van der Waals surface area contributed by atoms with Crippen LogP contribution >= 0.6 is 0 Å². The number of nitrogens with zero attached hydrogens (tertiary/aromatic N) is 1. The first-order chi connectivity index (χ1) is 15.4. The van der Waals surface area contributed by atoms with E-state index in [4.69, 9.17) is 14.2 Å². The third kappa shape index (κ3) is 6.36. The molecular weight excluding hydrogens is 428 g/mol. The van der Waals surface area contributed by atoms with Gasteiger partial charge in [0.2, 0.25) is 0 Å². The lowest BCUT2D eigenvalue weighted by molar-refractivity contribution is -0.0506. The molecule has 1 aliphatic heterocycles. The second-order valence-corrected chi connectivity index (χ2v) is 9.78. The van der Waals surface area contributed by atoms with Gasteiger partial charge in [-0.15, -0.1) is 0 Å². The zero-order chi connectivity index (χ0) is 24.3. The average Bonchev–Trinajstić information content (AvgIpc) is 3.12. The van der Waals surface area contributed by atoms with E-state index < -0.39 is 12.2 Å². The zero-order valence-corrected chi connectivity index (χ0v) is 20.2. The van der Waals surface area contributed by atoms with Crippen molar-refractivity contribution in [2.24, 2.45) is 5.92 Å². The van der Waals surface area contributed by atoms with E-state index in [9.17, 15) is 13.6 Å². The molecule has 1 heterocycles. The number of hydrogen-bond donors (Lipinski definition) is 0. The summed E-state index contributed by atoms with van der Waals surface area (Å²) in [6, 6.07) is 9.02. The molecule has 3 rings (SSSR count). The molecule has 33 heavy (non-hydrogen) atoms. The molecule has 0 N–H and O–H groups in total. The van der Waals surface area contributed by atoms with E-state index in [-0.39, 0.29) is 18.4 Å². The molecule has 7 heteroatoms. The van der Waals surface area contributed by atoms with Crippen LogP contribution in [0.5, 0.6) is 11.5 Å². The average molecular weight is 462 g/mol. The Morgan fingerprint density at radius 2 is 1.85 bits per heavy atom.